The maximum absolute atomic E-state index is 4.66. The van der Waals surface area contributed by atoms with Crippen LogP contribution in [-0.4, -0.2) is 30.5 Å². The SMILES string of the molecule is CC(C)N1Cc2cnc3nc(C4CC4)nn3c2C1. The van der Waals surface area contributed by atoms with E-state index in [0.717, 1.165) is 24.7 Å². The van der Waals surface area contributed by atoms with Crippen molar-refractivity contribution >= 4 is 5.78 Å². The number of hydrogen-bond donors (Lipinski definition) is 0. The molecule has 1 aliphatic heterocycles. The van der Waals surface area contributed by atoms with Gasteiger partial charge in [0.05, 0.1) is 5.69 Å². The predicted octanol–water partition coefficient (Wildman–Crippen LogP) is 1.73. The molecule has 2 aromatic rings. The zero-order valence-corrected chi connectivity index (χ0v) is 10.8. The molecule has 0 radical (unpaired) electrons. The monoisotopic (exact) mass is 243 g/mol. The highest BCUT2D eigenvalue weighted by molar-refractivity contribution is 5.35. The van der Waals surface area contributed by atoms with Crippen molar-refractivity contribution in [2.75, 3.05) is 0 Å². The standard InChI is InChI=1S/C13H17N5/c1-8(2)17-6-10-5-14-13-15-12(9-3-4-9)16-18(13)11(10)7-17/h5,8-9H,3-4,6-7H2,1-2H3. The fraction of sp³-hybridized carbons (Fsp3) is 0.615. The van der Waals surface area contributed by atoms with Gasteiger partial charge in [-0.3, -0.25) is 4.90 Å². The van der Waals surface area contributed by atoms with E-state index in [1.807, 2.05) is 10.7 Å². The Balaban J connectivity index is 1.81. The molecule has 5 nitrogen and oxygen atoms in total. The van der Waals surface area contributed by atoms with Crippen LogP contribution in [0.15, 0.2) is 6.20 Å². The molecular weight excluding hydrogens is 226 g/mol. The van der Waals surface area contributed by atoms with Crippen molar-refractivity contribution in [2.45, 2.75) is 51.7 Å². The summed E-state index contributed by atoms with van der Waals surface area (Å²) in [4.78, 5) is 11.4. The predicted molar refractivity (Wildman–Crippen MR) is 67.1 cm³/mol. The summed E-state index contributed by atoms with van der Waals surface area (Å²) < 4.78 is 1.96. The number of rotatable bonds is 2. The van der Waals surface area contributed by atoms with Gasteiger partial charge in [-0.05, 0) is 26.7 Å². The minimum Gasteiger partial charge on any atom is -0.291 e. The van der Waals surface area contributed by atoms with Gasteiger partial charge < -0.3 is 0 Å². The van der Waals surface area contributed by atoms with Crippen molar-refractivity contribution in [2.24, 2.45) is 0 Å². The molecule has 1 saturated carbocycles. The number of nitrogens with zero attached hydrogens (tertiary/aromatic N) is 5. The van der Waals surface area contributed by atoms with Crippen molar-refractivity contribution in [3.63, 3.8) is 0 Å². The zero-order valence-electron chi connectivity index (χ0n) is 10.8. The van der Waals surface area contributed by atoms with Gasteiger partial charge in [-0.1, -0.05) is 0 Å². The van der Waals surface area contributed by atoms with Crippen LogP contribution in [0.4, 0.5) is 0 Å². The van der Waals surface area contributed by atoms with Gasteiger partial charge in [-0.15, -0.1) is 5.10 Å². The average Bonchev–Trinajstić information content (AvgIpc) is 2.95. The van der Waals surface area contributed by atoms with Crippen LogP contribution < -0.4 is 0 Å². The number of fused-ring (bicyclic) bond motifs is 3. The Labute approximate surface area is 106 Å². The van der Waals surface area contributed by atoms with Crippen molar-refractivity contribution in [3.05, 3.63) is 23.3 Å². The van der Waals surface area contributed by atoms with E-state index in [9.17, 15) is 0 Å². The van der Waals surface area contributed by atoms with E-state index in [-0.39, 0.29) is 0 Å². The van der Waals surface area contributed by atoms with Crippen molar-refractivity contribution in [3.8, 4) is 0 Å². The molecule has 1 fully saturated rings. The van der Waals surface area contributed by atoms with E-state index >= 15 is 0 Å². The van der Waals surface area contributed by atoms with Gasteiger partial charge >= 0.3 is 0 Å². The third-order valence-electron chi connectivity index (χ3n) is 3.97. The topological polar surface area (TPSA) is 46.3 Å². The van der Waals surface area contributed by atoms with Crippen LogP contribution in [0.2, 0.25) is 0 Å². The van der Waals surface area contributed by atoms with Crippen LogP contribution in [0, 0.1) is 0 Å². The van der Waals surface area contributed by atoms with Crippen LogP contribution in [0.5, 0.6) is 0 Å². The van der Waals surface area contributed by atoms with Gasteiger partial charge in [0.15, 0.2) is 5.82 Å². The van der Waals surface area contributed by atoms with E-state index in [4.69, 9.17) is 0 Å². The second-order valence-electron chi connectivity index (χ2n) is 5.68. The maximum atomic E-state index is 4.66. The van der Waals surface area contributed by atoms with Crippen molar-refractivity contribution < 1.29 is 0 Å². The van der Waals surface area contributed by atoms with E-state index in [1.54, 1.807) is 0 Å². The normalized spacial score (nSPS) is 19.9. The number of hydrogen-bond acceptors (Lipinski definition) is 4. The van der Waals surface area contributed by atoms with Crippen LogP contribution in [0.3, 0.4) is 0 Å². The maximum Gasteiger partial charge on any atom is 0.252 e. The van der Waals surface area contributed by atoms with Gasteiger partial charge in [-0.25, -0.2) is 4.98 Å². The van der Waals surface area contributed by atoms with Crippen LogP contribution in [-0.2, 0) is 13.1 Å². The lowest BCUT2D eigenvalue weighted by Gasteiger charge is -2.18. The lowest BCUT2D eigenvalue weighted by molar-refractivity contribution is 0.225. The van der Waals surface area contributed by atoms with Gasteiger partial charge in [-0.2, -0.15) is 9.50 Å². The summed E-state index contributed by atoms with van der Waals surface area (Å²) in [7, 11) is 0. The second kappa shape index (κ2) is 3.51. The molecular formula is C13H17N5. The van der Waals surface area contributed by atoms with Gasteiger partial charge in [0.25, 0.3) is 5.78 Å². The lowest BCUT2D eigenvalue weighted by atomic mass is 10.3. The fourth-order valence-corrected chi connectivity index (χ4v) is 2.58. The Kier molecular flexibility index (Phi) is 2.03. The largest absolute Gasteiger partial charge is 0.291 e. The fourth-order valence-electron chi connectivity index (χ4n) is 2.58. The first kappa shape index (κ1) is 10.4. The quantitative estimate of drug-likeness (QED) is 0.806. The highest BCUT2D eigenvalue weighted by atomic mass is 15.4. The molecule has 0 unspecified atom stereocenters. The lowest BCUT2D eigenvalue weighted by Crippen LogP contribution is -2.24. The van der Waals surface area contributed by atoms with Crippen LogP contribution >= 0.6 is 0 Å². The zero-order chi connectivity index (χ0) is 12.3. The highest BCUT2D eigenvalue weighted by Gasteiger charge is 2.30. The minimum atomic E-state index is 0.555. The molecule has 2 aliphatic rings. The Morgan fingerprint density at radius 1 is 1.28 bits per heavy atom. The van der Waals surface area contributed by atoms with E-state index in [0.29, 0.717) is 12.0 Å². The Hall–Kier alpha value is -1.49. The van der Waals surface area contributed by atoms with E-state index in [2.05, 4.69) is 33.8 Å². The summed E-state index contributed by atoms with van der Waals surface area (Å²) >= 11 is 0. The third-order valence-corrected chi connectivity index (χ3v) is 3.97. The first-order chi connectivity index (χ1) is 8.72. The number of aromatic nitrogens is 4. The molecule has 0 amide bonds. The molecule has 0 spiro atoms. The molecule has 0 saturated heterocycles. The summed E-state index contributed by atoms with van der Waals surface area (Å²) in [6.07, 6.45) is 4.44. The summed E-state index contributed by atoms with van der Waals surface area (Å²) in [6.45, 7) is 6.40. The molecule has 4 rings (SSSR count). The van der Waals surface area contributed by atoms with Crippen LogP contribution in [0.1, 0.15) is 49.7 Å². The van der Waals surface area contributed by atoms with E-state index in [1.165, 1.54) is 24.1 Å². The minimum absolute atomic E-state index is 0.555. The van der Waals surface area contributed by atoms with Gasteiger partial charge in [0.1, 0.15) is 0 Å². The molecule has 94 valence electrons. The molecule has 5 heteroatoms. The Morgan fingerprint density at radius 2 is 2.11 bits per heavy atom. The molecule has 0 atom stereocenters. The first-order valence-corrected chi connectivity index (χ1v) is 6.70. The smallest absolute Gasteiger partial charge is 0.252 e. The molecule has 0 N–H and O–H groups in total. The molecule has 18 heavy (non-hydrogen) atoms. The highest BCUT2D eigenvalue weighted by Crippen LogP contribution is 2.38. The van der Waals surface area contributed by atoms with Crippen molar-refractivity contribution in [1.29, 1.82) is 0 Å². The van der Waals surface area contributed by atoms with Gasteiger partial charge in [0, 0.05) is 36.8 Å². The third kappa shape index (κ3) is 1.47. The van der Waals surface area contributed by atoms with E-state index < -0.39 is 0 Å². The summed E-state index contributed by atoms with van der Waals surface area (Å²) in [5.74, 6) is 2.34. The molecule has 0 bridgehead atoms. The summed E-state index contributed by atoms with van der Waals surface area (Å²) in [6, 6.07) is 0.555. The van der Waals surface area contributed by atoms with Gasteiger partial charge in [0.2, 0.25) is 0 Å². The second-order valence-corrected chi connectivity index (χ2v) is 5.68. The summed E-state index contributed by atoms with van der Waals surface area (Å²) in [5, 5.41) is 4.66. The Bertz CT molecular complexity index is 611. The molecule has 2 aromatic heterocycles. The van der Waals surface area contributed by atoms with Crippen LogP contribution in [0.25, 0.3) is 5.78 Å². The molecule has 0 aromatic carbocycles. The molecule has 1 aliphatic carbocycles. The first-order valence-electron chi connectivity index (χ1n) is 6.70. The van der Waals surface area contributed by atoms with Crippen molar-refractivity contribution in [1.82, 2.24) is 24.5 Å². The molecule has 3 heterocycles. The summed E-state index contributed by atoms with van der Waals surface area (Å²) in [5.41, 5.74) is 2.57. The average molecular weight is 243 g/mol. The Morgan fingerprint density at radius 3 is 2.83 bits per heavy atom.